The van der Waals surface area contributed by atoms with Gasteiger partial charge in [0.25, 0.3) is 0 Å². The summed E-state index contributed by atoms with van der Waals surface area (Å²) in [7, 11) is 0. The Hall–Kier alpha value is -1.51. The second-order valence-electron chi connectivity index (χ2n) is 5.41. The number of rotatable bonds is 4. The Bertz CT molecular complexity index is 431. The third-order valence-electron chi connectivity index (χ3n) is 3.68. The van der Waals surface area contributed by atoms with Crippen molar-refractivity contribution in [2.24, 2.45) is 5.92 Å². The van der Waals surface area contributed by atoms with Gasteiger partial charge in [0, 0.05) is 11.7 Å². The molecule has 0 saturated heterocycles. The molecule has 0 spiro atoms. The number of carbonyl (C=O) groups is 1. The molecule has 0 heterocycles. The van der Waals surface area contributed by atoms with E-state index in [1.807, 2.05) is 25.1 Å². The molecular weight excluding hydrogens is 238 g/mol. The minimum Gasteiger partial charge on any atom is -0.462 e. The summed E-state index contributed by atoms with van der Waals surface area (Å²) in [6.07, 6.45) is 5.05. The SMILES string of the molecule is CCOC(=O)c1cccc(NC2CCCC(C)C2)c1. The summed E-state index contributed by atoms with van der Waals surface area (Å²) in [4.78, 5) is 11.7. The van der Waals surface area contributed by atoms with Crippen LogP contribution in [-0.2, 0) is 4.74 Å². The molecule has 1 aliphatic rings. The van der Waals surface area contributed by atoms with Crippen LogP contribution < -0.4 is 5.32 Å². The maximum absolute atomic E-state index is 11.7. The second kappa shape index (κ2) is 6.60. The number of ether oxygens (including phenoxy) is 1. The number of hydrogen-bond acceptors (Lipinski definition) is 3. The van der Waals surface area contributed by atoms with Crippen LogP contribution in [0, 0.1) is 5.92 Å². The number of esters is 1. The van der Waals surface area contributed by atoms with Crippen LogP contribution in [0.3, 0.4) is 0 Å². The second-order valence-corrected chi connectivity index (χ2v) is 5.41. The third-order valence-corrected chi connectivity index (χ3v) is 3.68. The number of nitrogens with one attached hydrogen (secondary N) is 1. The predicted octanol–water partition coefficient (Wildman–Crippen LogP) is 3.85. The minimum absolute atomic E-state index is 0.247. The largest absolute Gasteiger partial charge is 0.462 e. The third kappa shape index (κ3) is 3.98. The summed E-state index contributed by atoms with van der Waals surface area (Å²) in [5.41, 5.74) is 1.64. The van der Waals surface area contributed by atoms with Crippen LogP contribution in [0.15, 0.2) is 24.3 Å². The number of anilines is 1. The van der Waals surface area contributed by atoms with E-state index in [4.69, 9.17) is 4.74 Å². The Morgan fingerprint density at radius 1 is 1.42 bits per heavy atom. The van der Waals surface area contributed by atoms with Crippen molar-refractivity contribution in [3.63, 3.8) is 0 Å². The van der Waals surface area contributed by atoms with Gasteiger partial charge in [0.1, 0.15) is 0 Å². The zero-order valence-corrected chi connectivity index (χ0v) is 11.8. The van der Waals surface area contributed by atoms with Crippen molar-refractivity contribution in [2.45, 2.75) is 45.6 Å². The maximum Gasteiger partial charge on any atom is 0.338 e. The van der Waals surface area contributed by atoms with Crippen molar-refractivity contribution < 1.29 is 9.53 Å². The van der Waals surface area contributed by atoms with Crippen molar-refractivity contribution in [3.8, 4) is 0 Å². The van der Waals surface area contributed by atoms with E-state index >= 15 is 0 Å². The van der Waals surface area contributed by atoms with Crippen molar-refractivity contribution in [2.75, 3.05) is 11.9 Å². The van der Waals surface area contributed by atoms with Crippen LogP contribution in [0.1, 0.15) is 49.9 Å². The summed E-state index contributed by atoms with van der Waals surface area (Å²) in [6.45, 7) is 4.54. The fourth-order valence-corrected chi connectivity index (χ4v) is 2.75. The summed E-state index contributed by atoms with van der Waals surface area (Å²) in [6, 6.07) is 8.13. The molecule has 0 radical (unpaired) electrons. The van der Waals surface area contributed by atoms with Crippen LogP contribution in [0.5, 0.6) is 0 Å². The van der Waals surface area contributed by atoms with Gasteiger partial charge in [-0.2, -0.15) is 0 Å². The molecule has 2 unspecified atom stereocenters. The van der Waals surface area contributed by atoms with E-state index in [1.54, 1.807) is 6.07 Å². The Labute approximate surface area is 115 Å². The molecule has 19 heavy (non-hydrogen) atoms. The van der Waals surface area contributed by atoms with E-state index in [-0.39, 0.29) is 5.97 Å². The van der Waals surface area contributed by atoms with Crippen LogP contribution >= 0.6 is 0 Å². The van der Waals surface area contributed by atoms with Crippen molar-refractivity contribution in [1.29, 1.82) is 0 Å². The standard InChI is InChI=1S/C16H23NO2/c1-3-19-16(18)13-7-5-9-15(11-13)17-14-8-4-6-12(2)10-14/h5,7,9,11-12,14,17H,3-4,6,8,10H2,1-2H3. The molecule has 1 aromatic rings. The first-order valence-electron chi connectivity index (χ1n) is 7.22. The molecule has 3 heteroatoms. The molecular formula is C16H23NO2. The zero-order valence-electron chi connectivity index (χ0n) is 11.8. The summed E-state index contributed by atoms with van der Waals surface area (Å²) >= 11 is 0. The van der Waals surface area contributed by atoms with Gasteiger partial charge in [-0.15, -0.1) is 0 Å². The van der Waals surface area contributed by atoms with Crippen molar-refractivity contribution in [3.05, 3.63) is 29.8 Å². The Morgan fingerprint density at radius 3 is 3.00 bits per heavy atom. The molecule has 1 aliphatic carbocycles. The average molecular weight is 261 g/mol. The lowest BCUT2D eigenvalue weighted by Gasteiger charge is -2.28. The van der Waals surface area contributed by atoms with Crippen molar-refractivity contribution in [1.82, 2.24) is 0 Å². The molecule has 1 N–H and O–H groups in total. The highest BCUT2D eigenvalue weighted by molar-refractivity contribution is 5.90. The molecule has 2 rings (SSSR count). The molecule has 1 saturated carbocycles. The van der Waals surface area contributed by atoms with Crippen LogP contribution in [0.25, 0.3) is 0 Å². The number of benzene rings is 1. The summed E-state index contributed by atoms with van der Waals surface area (Å²) in [5, 5.41) is 3.54. The molecule has 2 atom stereocenters. The number of hydrogen-bond donors (Lipinski definition) is 1. The maximum atomic E-state index is 11.7. The first kappa shape index (κ1) is 13.9. The number of carbonyl (C=O) groups excluding carboxylic acids is 1. The highest BCUT2D eigenvalue weighted by Gasteiger charge is 2.18. The van der Waals surface area contributed by atoms with Gasteiger partial charge in [-0.1, -0.05) is 25.8 Å². The molecule has 0 bridgehead atoms. The minimum atomic E-state index is -0.247. The average Bonchev–Trinajstić information content (AvgIpc) is 2.39. The molecule has 1 aromatic carbocycles. The first-order valence-corrected chi connectivity index (χ1v) is 7.22. The molecule has 0 amide bonds. The van der Waals surface area contributed by atoms with E-state index in [0.29, 0.717) is 18.2 Å². The first-order chi connectivity index (χ1) is 9.19. The summed E-state index contributed by atoms with van der Waals surface area (Å²) < 4.78 is 5.02. The Balaban J connectivity index is 2.00. The van der Waals surface area contributed by atoms with Gasteiger partial charge < -0.3 is 10.1 Å². The van der Waals surface area contributed by atoms with E-state index in [9.17, 15) is 4.79 Å². The quantitative estimate of drug-likeness (QED) is 0.836. The molecule has 1 fully saturated rings. The van der Waals surface area contributed by atoms with Gasteiger partial charge in [0.15, 0.2) is 0 Å². The normalized spacial score (nSPS) is 22.8. The topological polar surface area (TPSA) is 38.3 Å². The smallest absolute Gasteiger partial charge is 0.338 e. The lowest BCUT2D eigenvalue weighted by atomic mass is 9.87. The fraction of sp³-hybridized carbons (Fsp3) is 0.562. The van der Waals surface area contributed by atoms with Gasteiger partial charge in [-0.05, 0) is 43.9 Å². The Kier molecular flexibility index (Phi) is 4.83. The van der Waals surface area contributed by atoms with E-state index in [2.05, 4.69) is 12.2 Å². The zero-order chi connectivity index (χ0) is 13.7. The highest BCUT2D eigenvalue weighted by atomic mass is 16.5. The molecule has 0 aliphatic heterocycles. The van der Waals surface area contributed by atoms with E-state index in [0.717, 1.165) is 11.6 Å². The van der Waals surface area contributed by atoms with Gasteiger partial charge in [0.2, 0.25) is 0 Å². The molecule has 0 aromatic heterocycles. The van der Waals surface area contributed by atoms with E-state index < -0.39 is 0 Å². The van der Waals surface area contributed by atoms with Gasteiger partial charge in [-0.25, -0.2) is 4.79 Å². The lowest BCUT2D eigenvalue weighted by Crippen LogP contribution is -2.26. The van der Waals surface area contributed by atoms with E-state index in [1.165, 1.54) is 25.7 Å². The van der Waals surface area contributed by atoms with Crippen molar-refractivity contribution >= 4 is 11.7 Å². The van der Waals surface area contributed by atoms with Gasteiger partial charge in [-0.3, -0.25) is 0 Å². The predicted molar refractivity (Wildman–Crippen MR) is 77.4 cm³/mol. The molecule has 3 nitrogen and oxygen atoms in total. The Morgan fingerprint density at radius 2 is 2.26 bits per heavy atom. The van der Waals surface area contributed by atoms with Gasteiger partial charge in [0.05, 0.1) is 12.2 Å². The van der Waals surface area contributed by atoms with Gasteiger partial charge >= 0.3 is 5.97 Å². The van der Waals surface area contributed by atoms with Crippen LogP contribution in [0.2, 0.25) is 0 Å². The monoisotopic (exact) mass is 261 g/mol. The van der Waals surface area contributed by atoms with Crippen LogP contribution in [-0.4, -0.2) is 18.6 Å². The van der Waals surface area contributed by atoms with Crippen LogP contribution in [0.4, 0.5) is 5.69 Å². The molecule has 104 valence electrons. The fourth-order valence-electron chi connectivity index (χ4n) is 2.75. The highest BCUT2D eigenvalue weighted by Crippen LogP contribution is 2.26. The lowest BCUT2D eigenvalue weighted by molar-refractivity contribution is 0.0526. The summed E-state index contributed by atoms with van der Waals surface area (Å²) in [5.74, 6) is 0.544.